The molecule has 106 valence electrons. The molecule has 1 amide bonds. The fraction of sp³-hybridized carbons (Fsp3) is 0.929. The zero-order valence-electron chi connectivity index (χ0n) is 11.7. The zero-order chi connectivity index (χ0) is 13.4. The Hall–Kier alpha value is -0.610. The van der Waals surface area contributed by atoms with Crippen molar-refractivity contribution in [3.05, 3.63) is 0 Å². The lowest BCUT2D eigenvalue weighted by molar-refractivity contribution is -0.123. The van der Waals surface area contributed by atoms with Crippen molar-refractivity contribution in [3.8, 4) is 0 Å². The highest BCUT2D eigenvalue weighted by Gasteiger charge is 2.20. The van der Waals surface area contributed by atoms with Gasteiger partial charge in [-0.1, -0.05) is 13.3 Å². The van der Waals surface area contributed by atoms with E-state index in [-0.39, 0.29) is 12.0 Å². The van der Waals surface area contributed by atoms with Gasteiger partial charge < -0.3 is 15.2 Å². The second kappa shape index (κ2) is 7.74. The van der Waals surface area contributed by atoms with Crippen molar-refractivity contribution in [3.63, 3.8) is 0 Å². The third kappa shape index (κ3) is 6.36. The van der Waals surface area contributed by atoms with E-state index in [0.717, 1.165) is 32.3 Å². The molecule has 1 fully saturated rings. The first-order valence-electron chi connectivity index (χ1n) is 7.14. The van der Waals surface area contributed by atoms with Crippen LogP contribution in [0.2, 0.25) is 0 Å². The number of carbonyl (C=O) groups excluding carboxylic acids is 1. The average Bonchev–Trinajstić information content (AvgIpc) is 2.35. The Morgan fingerprint density at radius 3 is 2.89 bits per heavy atom. The quantitative estimate of drug-likeness (QED) is 0.733. The molecule has 18 heavy (non-hydrogen) atoms. The van der Waals surface area contributed by atoms with Gasteiger partial charge in [-0.2, -0.15) is 0 Å². The van der Waals surface area contributed by atoms with Gasteiger partial charge in [0, 0.05) is 19.6 Å². The first-order valence-corrected chi connectivity index (χ1v) is 7.14. The summed E-state index contributed by atoms with van der Waals surface area (Å²) in [5, 5.41) is 12.7. The predicted molar refractivity (Wildman–Crippen MR) is 71.4 cm³/mol. The molecule has 0 bridgehead atoms. The van der Waals surface area contributed by atoms with Gasteiger partial charge in [-0.25, -0.2) is 0 Å². The van der Waals surface area contributed by atoms with E-state index in [1.54, 1.807) is 6.92 Å². The van der Waals surface area contributed by atoms with Gasteiger partial charge in [0.2, 0.25) is 5.91 Å². The van der Waals surface area contributed by atoms with Crippen LogP contribution >= 0.6 is 0 Å². The number of ether oxygens (including phenoxy) is 1. The molecular weight excluding hydrogens is 230 g/mol. The summed E-state index contributed by atoms with van der Waals surface area (Å²) < 4.78 is 5.58. The fourth-order valence-electron chi connectivity index (χ4n) is 2.33. The average molecular weight is 257 g/mol. The predicted octanol–water partition coefficient (Wildman–Crippen LogP) is 2.00. The summed E-state index contributed by atoms with van der Waals surface area (Å²) in [5.41, 5.74) is -0.786. The Bertz CT molecular complexity index is 247. The van der Waals surface area contributed by atoms with Crippen molar-refractivity contribution >= 4 is 5.91 Å². The molecule has 1 aliphatic heterocycles. The third-order valence-corrected chi connectivity index (χ3v) is 3.42. The minimum Gasteiger partial charge on any atom is -0.388 e. The van der Waals surface area contributed by atoms with Gasteiger partial charge in [0.05, 0.1) is 11.7 Å². The number of rotatable bonds is 7. The summed E-state index contributed by atoms with van der Waals surface area (Å²) in [6, 6.07) is 0. The van der Waals surface area contributed by atoms with Crippen molar-refractivity contribution < 1.29 is 14.6 Å². The molecule has 1 rings (SSSR count). The lowest BCUT2D eigenvalue weighted by atomic mass is 10.0. The zero-order valence-corrected chi connectivity index (χ0v) is 11.7. The molecule has 1 heterocycles. The van der Waals surface area contributed by atoms with Gasteiger partial charge in [-0.05, 0) is 39.0 Å². The van der Waals surface area contributed by atoms with Crippen LogP contribution in [0.15, 0.2) is 0 Å². The number of aliphatic hydroxyl groups is 1. The summed E-state index contributed by atoms with van der Waals surface area (Å²) in [6.45, 7) is 4.96. The van der Waals surface area contributed by atoms with Crippen molar-refractivity contribution in [2.45, 2.75) is 70.5 Å². The van der Waals surface area contributed by atoms with Crippen LogP contribution in [0.1, 0.15) is 58.8 Å². The van der Waals surface area contributed by atoms with Crippen LogP contribution in [-0.4, -0.2) is 35.9 Å². The molecule has 4 heteroatoms. The fourth-order valence-corrected chi connectivity index (χ4v) is 2.33. The van der Waals surface area contributed by atoms with Crippen molar-refractivity contribution in [1.82, 2.24) is 5.32 Å². The van der Waals surface area contributed by atoms with Crippen molar-refractivity contribution in [1.29, 1.82) is 0 Å². The molecule has 1 saturated heterocycles. The number of hydrogen-bond donors (Lipinski definition) is 2. The summed E-state index contributed by atoms with van der Waals surface area (Å²) in [4.78, 5) is 11.7. The second-order valence-corrected chi connectivity index (χ2v) is 5.55. The van der Waals surface area contributed by atoms with Crippen LogP contribution in [0.5, 0.6) is 0 Å². The Morgan fingerprint density at radius 2 is 2.28 bits per heavy atom. The second-order valence-electron chi connectivity index (χ2n) is 5.55. The Labute approximate surface area is 110 Å². The molecular formula is C14H27NO3. The highest BCUT2D eigenvalue weighted by atomic mass is 16.5. The van der Waals surface area contributed by atoms with Crippen molar-refractivity contribution in [2.24, 2.45) is 0 Å². The van der Waals surface area contributed by atoms with Crippen LogP contribution < -0.4 is 5.32 Å². The molecule has 0 aromatic heterocycles. The molecule has 4 nitrogen and oxygen atoms in total. The van der Waals surface area contributed by atoms with E-state index >= 15 is 0 Å². The maximum Gasteiger partial charge on any atom is 0.220 e. The van der Waals surface area contributed by atoms with Crippen LogP contribution in [0, 0.1) is 0 Å². The van der Waals surface area contributed by atoms with E-state index in [1.807, 2.05) is 6.92 Å². The normalized spacial score (nSPS) is 23.4. The molecule has 1 aliphatic rings. The molecule has 0 aromatic carbocycles. The van der Waals surface area contributed by atoms with Gasteiger partial charge in [0.25, 0.3) is 0 Å². The minimum absolute atomic E-state index is 0.0144. The monoisotopic (exact) mass is 257 g/mol. The SMILES string of the molecule is CCCC(C)(O)CNC(=O)CCC1CCCCO1. The largest absolute Gasteiger partial charge is 0.388 e. The van der Waals surface area contributed by atoms with Gasteiger partial charge in [0.15, 0.2) is 0 Å². The maximum atomic E-state index is 11.7. The van der Waals surface area contributed by atoms with Gasteiger partial charge in [-0.3, -0.25) is 4.79 Å². The van der Waals surface area contributed by atoms with E-state index in [0.29, 0.717) is 19.4 Å². The number of nitrogens with one attached hydrogen (secondary N) is 1. The molecule has 0 spiro atoms. The Kier molecular flexibility index (Phi) is 6.65. The molecule has 2 unspecified atom stereocenters. The van der Waals surface area contributed by atoms with E-state index < -0.39 is 5.60 Å². The molecule has 0 saturated carbocycles. The van der Waals surface area contributed by atoms with E-state index in [1.165, 1.54) is 6.42 Å². The van der Waals surface area contributed by atoms with Crippen LogP contribution in [0.3, 0.4) is 0 Å². The molecule has 0 radical (unpaired) electrons. The van der Waals surface area contributed by atoms with E-state index in [2.05, 4.69) is 5.32 Å². The lowest BCUT2D eigenvalue weighted by Gasteiger charge is -2.24. The van der Waals surface area contributed by atoms with Gasteiger partial charge in [-0.15, -0.1) is 0 Å². The standard InChI is InChI=1S/C14H27NO3/c1-3-9-14(2,17)11-15-13(16)8-7-12-6-4-5-10-18-12/h12,17H,3-11H2,1-2H3,(H,15,16). The first-order chi connectivity index (χ1) is 8.53. The Morgan fingerprint density at radius 1 is 1.50 bits per heavy atom. The van der Waals surface area contributed by atoms with Crippen molar-refractivity contribution in [2.75, 3.05) is 13.2 Å². The maximum absolute atomic E-state index is 11.7. The first kappa shape index (κ1) is 15.4. The molecule has 0 aromatic rings. The van der Waals surface area contributed by atoms with Crippen LogP contribution in [0.25, 0.3) is 0 Å². The Balaban J connectivity index is 2.13. The molecule has 2 atom stereocenters. The van der Waals surface area contributed by atoms with Crippen LogP contribution in [-0.2, 0) is 9.53 Å². The highest BCUT2D eigenvalue weighted by molar-refractivity contribution is 5.75. The number of hydrogen-bond acceptors (Lipinski definition) is 3. The topological polar surface area (TPSA) is 58.6 Å². The minimum atomic E-state index is -0.786. The van der Waals surface area contributed by atoms with E-state index in [9.17, 15) is 9.90 Å². The number of amides is 1. The van der Waals surface area contributed by atoms with Crippen LogP contribution in [0.4, 0.5) is 0 Å². The smallest absolute Gasteiger partial charge is 0.220 e. The lowest BCUT2D eigenvalue weighted by Crippen LogP contribution is -2.40. The summed E-state index contributed by atoms with van der Waals surface area (Å²) in [6.07, 6.45) is 6.58. The summed E-state index contributed by atoms with van der Waals surface area (Å²) in [7, 11) is 0. The summed E-state index contributed by atoms with van der Waals surface area (Å²) in [5.74, 6) is 0.0144. The van der Waals surface area contributed by atoms with Gasteiger partial charge in [0.1, 0.15) is 0 Å². The molecule has 2 N–H and O–H groups in total. The number of carbonyl (C=O) groups is 1. The van der Waals surface area contributed by atoms with E-state index in [4.69, 9.17) is 4.74 Å². The third-order valence-electron chi connectivity index (χ3n) is 3.42. The highest BCUT2D eigenvalue weighted by Crippen LogP contribution is 2.17. The molecule has 0 aliphatic carbocycles. The van der Waals surface area contributed by atoms with Gasteiger partial charge >= 0.3 is 0 Å². The summed E-state index contributed by atoms with van der Waals surface area (Å²) >= 11 is 0.